The molecule has 1 aromatic carbocycles. The molecule has 4 aromatic rings. The van der Waals surface area contributed by atoms with E-state index >= 15 is 0 Å². The number of aromatic amines is 1. The molecule has 0 amide bonds. The second-order valence-corrected chi connectivity index (χ2v) is 6.28. The molecule has 24 heavy (non-hydrogen) atoms. The highest BCUT2D eigenvalue weighted by atomic mass is 35.5. The fraction of sp³-hybridized carbons (Fsp3) is 0.188. The molecular weight excluding hydrogens is 326 g/mol. The minimum absolute atomic E-state index is 0.0781. The van der Waals surface area contributed by atoms with E-state index in [-0.39, 0.29) is 6.04 Å². The Balaban J connectivity index is 1.85. The Morgan fingerprint density at radius 1 is 1.25 bits per heavy atom. The number of nitrogens with zero attached hydrogens (tertiary/aromatic N) is 4. The van der Waals surface area contributed by atoms with Gasteiger partial charge < -0.3 is 21.0 Å². The van der Waals surface area contributed by atoms with Gasteiger partial charge in [-0.3, -0.25) is 0 Å². The van der Waals surface area contributed by atoms with Gasteiger partial charge in [0.2, 0.25) is 0 Å². The molecule has 122 valence electrons. The molecule has 0 saturated heterocycles. The minimum atomic E-state index is -0.0781. The van der Waals surface area contributed by atoms with Crippen LogP contribution in [0.2, 0.25) is 5.02 Å². The number of halogens is 1. The number of benzene rings is 1. The molecule has 0 radical (unpaired) electrons. The third kappa shape index (κ3) is 2.38. The zero-order chi connectivity index (χ0) is 16.8. The van der Waals surface area contributed by atoms with Crippen molar-refractivity contribution in [3.05, 3.63) is 47.1 Å². The van der Waals surface area contributed by atoms with Crippen molar-refractivity contribution in [2.75, 3.05) is 5.73 Å². The maximum absolute atomic E-state index is 6.28. The average molecular weight is 342 g/mol. The second-order valence-electron chi connectivity index (χ2n) is 5.85. The fourth-order valence-corrected chi connectivity index (χ4v) is 3.12. The third-order valence-corrected chi connectivity index (χ3v) is 4.27. The van der Waals surface area contributed by atoms with Crippen molar-refractivity contribution in [3.63, 3.8) is 0 Å². The van der Waals surface area contributed by atoms with E-state index in [9.17, 15) is 0 Å². The van der Waals surface area contributed by atoms with Crippen LogP contribution in [-0.2, 0) is 6.54 Å². The van der Waals surface area contributed by atoms with Crippen molar-refractivity contribution < 1.29 is 0 Å². The van der Waals surface area contributed by atoms with E-state index in [1.807, 2.05) is 29.7 Å². The van der Waals surface area contributed by atoms with Crippen molar-refractivity contribution in [2.24, 2.45) is 5.73 Å². The quantitative estimate of drug-likeness (QED) is 0.530. The summed E-state index contributed by atoms with van der Waals surface area (Å²) >= 11 is 6.28. The lowest BCUT2D eigenvalue weighted by Crippen LogP contribution is -2.05. The van der Waals surface area contributed by atoms with Gasteiger partial charge in [-0.25, -0.2) is 15.0 Å². The van der Waals surface area contributed by atoms with Gasteiger partial charge >= 0.3 is 0 Å². The molecule has 0 aliphatic heterocycles. The molecule has 0 fully saturated rings. The number of fused-ring (bicyclic) bond motifs is 2. The lowest BCUT2D eigenvalue weighted by Gasteiger charge is -2.07. The van der Waals surface area contributed by atoms with Crippen LogP contribution < -0.4 is 11.5 Å². The van der Waals surface area contributed by atoms with Crippen LogP contribution in [-0.4, -0.2) is 24.5 Å². The molecule has 3 aromatic heterocycles. The lowest BCUT2D eigenvalue weighted by molar-refractivity contribution is 0.789. The van der Waals surface area contributed by atoms with Crippen molar-refractivity contribution in [1.29, 1.82) is 0 Å². The number of nitrogens with one attached hydrogen (secondary N) is 1. The first kappa shape index (κ1) is 14.9. The Labute approximate surface area is 142 Å². The van der Waals surface area contributed by atoms with E-state index < -0.39 is 0 Å². The monoisotopic (exact) mass is 341 g/mol. The second kappa shape index (κ2) is 5.47. The summed E-state index contributed by atoms with van der Waals surface area (Å²) < 4.78 is 1.92. The standard InChI is InChI=1S/C16H16ClN7/c1-8(18)12-4-9-2-11(17)3-10(13(9)23-12)5-24-7-22-14-15(19)20-6-21-16(14)24/h2-4,6-8,23H,5,18H2,1H3,(H2,19,20,21). The minimum Gasteiger partial charge on any atom is -0.382 e. The highest BCUT2D eigenvalue weighted by Crippen LogP contribution is 2.27. The molecule has 1 unspecified atom stereocenters. The van der Waals surface area contributed by atoms with Gasteiger partial charge in [-0.1, -0.05) is 11.6 Å². The maximum atomic E-state index is 6.28. The normalized spacial score (nSPS) is 13.0. The summed E-state index contributed by atoms with van der Waals surface area (Å²) in [6.07, 6.45) is 3.14. The van der Waals surface area contributed by atoms with Gasteiger partial charge in [-0.05, 0) is 30.7 Å². The molecule has 1 atom stereocenters. The molecule has 0 aliphatic carbocycles. The van der Waals surface area contributed by atoms with Gasteiger partial charge in [0.05, 0.1) is 18.4 Å². The van der Waals surface area contributed by atoms with Gasteiger partial charge in [-0.15, -0.1) is 0 Å². The molecule has 8 heteroatoms. The summed E-state index contributed by atoms with van der Waals surface area (Å²) in [5.41, 5.74) is 16.1. The largest absolute Gasteiger partial charge is 0.382 e. The Bertz CT molecular complexity index is 1050. The fourth-order valence-electron chi connectivity index (χ4n) is 2.87. The number of aromatic nitrogens is 5. The Kier molecular flexibility index (Phi) is 3.40. The number of hydrogen-bond acceptors (Lipinski definition) is 5. The summed E-state index contributed by atoms with van der Waals surface area (Å²) in [7, 11) is 0. The topological polar surface area (TPSA) is 111 Å². The maximum Gasteiger partial charge on any atom is 0.165 e. The summed E-state index contributed by atoms with van der Waals surface area (Å²) in [6, 6.07) is 5.81. The SMILES string of the molecule is CC(N)c1cc2cc(Cl)cc(Cn3cnc4c(N)ncnc43)c2[nH]1. The number of anilines is 1. The van der Waals surface area contributed by atoms with E-state index in [0.29, 0.717) is 28.5 Å². The van der Waals surface area contributed by atoms with Gasteiger partial charge in [0, 0.05) is 22.1 Å². The van der Waals surface area contributed by atoms with E-state index in [0.717, 1.165) is 22.2 Å². The van der Waals surface area contributed by atoms with E-state index in [1.165, 1.54) is 6.33 Å². The Hall–Kier alpha value is -2.64. The van der Waals surface area contributed by atoms with E-state index in [1.54, 1.807) is 6.33 Å². The van der Waals surface area contributed by atoms with Crippen molar-refractivity contribution >= 4 is 39.5 Å². The molecule has 0 bridgehead atoms. The number of imidazole rings is 1. The van der Waals surface area contributed by atoms with Crippen molar-refractivity contribution in [3.8, 4) is 0 Å². The van der Waals surface area contributed by atoms with E-state index in [2.05, 4.69) is 19.9 Å². The first-order valence-corrected chi connectivity index (χ1v) is 7.88. The zero-order valence-corrected chi connectivity index (χ0v) is 13.7. The van der Waals surface area contributed by atoms with Gasteiger partial charge in [-0.2, -0.15) is 0 Å². The molecule has 7 nitrogen and oxygen atoms in total. The Morgan fingerprint density at radius 3 is 2.88 bits per heavy atom. The summed E-state index contributed by atoms with van der Waals surface area (Å²) in [5, 5.41) is 1.70. The van der Waals surface area contributed by atoms with Gasteiger partial charge in [0.25, 0.3) is 0 Å². The number of rotatable bonds is 3. The van der Waals surface area contributed by atoms with E-state index in [4.69, 9.17) is 23.1 Å². The molecule has 0 spiro atoms. The number of hydrogen-bond donors (Lipinski definition) is 3. The molecule has 5 N–H and O–H groups in total. The number of H-pyrrole nitrogens is 1. The zero-order valence-electron chi connectivity index (χ0n) is 13.0. The Morgan fingerprint density at radius 2 is 2.08 bits per heavy atom. The first-order valence-electron chi connectivity index (χ1n) is 7.51. The smallest absolute Gasteiger partial charge is 0.165 e. The first-order chi connectivity index (χ1) is 11.5. The lowest BCUT2D eigenvalue weighted by atomic mass is 10.1. The summed E-state index contributed by atoms with van der Waals surface area (Å²) in [4.78, 5) is 15.9. The van der Waals surface area contributed by atoms with Gasteiger partial charge in [0.15, 0.2) is 11.5 Å². The van der Waals surface area contributed by atoms with Crippen LogP contribution >= 0.6 is 11.6 Å². The third-order valence-electron chi connectivity index (χ3n) is 4.06. The average Bonchev–Trinajstić information content (AvgIpc) is 3.13. The predicted molar refractivity (Wildman–Crippen MR) is 94.7 cm³/mol. The molecule has 0 aliphatic rings. The van der Waals surface area contributed by atoms with Crippen LogP contribution in [0.25, 0.3) is 22.1 Å². The van der Waals surface area contributed by atoms with Crippen LogP contribution in [0.4, 0.5) is 5.82 Å². The van der Waals surface area contributed by atoms with Crippen LogP contribution in [0.3, 0.4) is 0 Å². The molecule has 0 saturated carbocycles. The summed E-state index contributed by atoms with van der Waals surface area (Å²) in [5.74, 6) is 0.370. The van der Waals surface area contributed by atoms with Crippen LogP contribution in [0.15, 0.2) is 30.9 Å². The van der Waals surface area contributed by atoms with Crippen LogP contribution in [0.5, 0.6) is 0 Å². The number of nitrogen functional groups attached to an aromatic ring is 1. The molecule has 3 heterocycles. The highest BCUT2D eigenvalue weighted by molar-refractivity contribution is 6.31. The highest BCUT2D eigenvalue weighted by Gasteiger charge is 2.13. The van der Waals surface area contributed by atoms with Crippen LogP contribution in [0, 0.1) is 0 Å². The molecular formula is C16H16ClN7. The predicted octanol–water partition coefficient (Wildman–Crippen LogP) is 2.61. The van der Waals surface area contributed by atoms with Crippen molar-refractivity contribution in [1.82, 2.24) is 24.5 Å². The van der Waals surface area contributed by atoms with Gasteiger partial charge in [0.1, 0.15) is 11.8 Å². The number of nitrogens with two attached hydrogens (primary N) is 2. The van der Waals surface area contributed by atoms with Crippen molar-refractivity contribution in [2.45, 2.75) is 19.5 Å². The molecule has 4 rings (SSSR count). The van der Waals surface area contributed by atoms with Crippen LogP contribution in [0.1, 0.15) is 24.2 Å². The summed E-state index contributed by atoms with van der Waals surface area (Å²) in [6.45, 7) is 2.50.